The summed E-state index contributed by atoms with van der Waals surface area (Å²) >= 11 is 0.928. The molecular formula is C22H16F7N3O2S. The average Bonchev–Trinajstić information content (AvgIpc) is 3.23. The van der Waals surface area contributed by atoms with E-state index in [1.807, 2.05) is 0 Å². The number of carbonyl (C=O) groups is 2. The molecule has 3 aromatic rings. The Morgan fingerprint density at radius 1 is 0.829 bits per heavy atom. The summed E-state index contributed by atoms with van der Waals surface area (Å²) in [6.07, 6.45) is -12.5. The van der Waals surface area contributed by atoms with E-state index < -0.39 is 35.4 Å². The van der Waals surface area contributed by atoms with Gasteiger partial charge in [-0.25, -0.2) is 9.37 Å². The molecule has 0 saturated heterocycles. The monoisotopic (exact) mass is 519 g/mol. The predicted octanol–water partition coefficient (Wildman–Crippen LogP) is 6.55. The number of alkyl halides is 7. The van der Waals surface area contributed by atoms with Crippen LogP contribution in [0.5, 0.6) is 0 Å². The number of aromatic nitrogens is 1. The molecule has 2 amide bonds. The van der Waals surface area contributed by atoms with Crippen molar-refractivity contribution in [3.8, 4) is 0 Å². The van der Waals surface area contributed by atoms with E-state index in [1.165, 1.54) is 5.38 Å². The lowest BCUT2D eigenvalue weighted by Crippen LogP contribution is -2.50. The number of aryl methyl sites for hydroxylation is 2. The second-order valence-electron chi connectivity index (χ2n) is 7.45. The van der Waals surface area contributed by atoms with Gasteiger partial charge in [-0.3, -0.25) is 14.9 Å². The average molecular weight is 519 g/mol. The number of halogens is 7. The zero-order valence-corrected chi connectivity index (χ0v) is 18.8. The van der Waals surface area contributed by atoms with Crippen molar-refractivity contribution in [2.75, 3.05) is 10.6 Å². The Kier molecular flexibility index (Phi) is 6.93. The molecule has 2 N–H and O–H groups in total. The maximum atomic E-state index is 14.4. The lowest BCUT2D eigenvalue weighted by molar-refractivity contribution is -0.348. The van der Waals surface area contributed by atoms with Crippen LogP contribution in [0.4, 0.5) is 41.6 Å². The normalized spacial score (nSPS) is 12.4. The highest BCUT2D eigenvalue weighted by Gasteiger charge is 2.73. The Morgan fingerprint density at radius 3 is 1.89 bits per heavy atom. The molecule has 0 atom stereocenters. The van der Waals surface area contributed by atoms with E-state index >= 15 is 0 Å². The van der Waals surface area contributed by atoms with E-state index in [-0.39, 0.29) is 27.6 Å². The smallest absolute Gasteiger partial charge is 0.320 e. The van der Waals surface area contributed by atoms with Gasteiger partial charge in [0.1, 0.15) is 5.69 Å². The SMILES string of the molecule is Cc1cc(C(F)(C(F)(F)F)C(F)(F)F)cc(C)c1NC(=O)c1csc(NC(=O)c2ccccc2)n1. The quantitative estimate of drug-likeness (QED) is 0.376. The van der Waals surface area contributed by atoms with Crippen LogP contribution in [-0.4, -0.2) is 29.2 Å². The number of hydrogen-bond donors (Lipinski definition) is 2. The zero-order chi connectivity index (χ0) is 26.2. The third-order valence-electron chi connectivity index (χ3n) is 4.94. The second kappa shape index (κ2) is 9.29. The number of hydrogen-bond acceptors (Lipinski definition) is 4. The highest BCUT2D eigenvalue weighted by atomic mass is 32.1. The van der Waals surface area contributed by atoms with Crippen LogP contribution in [0.15, 0.2) is 47.8 Å². The van der Waals surface area contributed by atoms with E-state index in [4.69, 9.17) is 0 Å². The summed E-state index contributed by atoms with van der Waals surface area (Å²) in [5.41, 5.74) is -7.60. The first-order chi connectivity index (χ1) is 16.1. The molecule has 0 fully saturated rings. The van der Waals surface area contributed by atoms with Gasteiger partial charge in [0.25, 0.3) is 11.8 Å². The van der Waals surface area contributed by atoms with Crippen LogP contribution in [-0.2, 0) is 5.67 Å². The van der Waals surface area contributed by atoms with Crippen LogP contribution >= 0.6 is 11.3 Å². The minimum absolute atomic E-state index is 0.0883. The molecule has 0 aliphatic heterocycles. The van der Waals surface area contributed by atoms with Crippen LogP contribution in [0.3, 0.4) is 0 Å². The molecule has 1 heterocycles. The molecule has 35 heavy (non-hydrogen) atoms. The van der Waals surface area contributed by atoms with Gasteiger partial charge in [-0.15, -0.1) is 11.3 Å². The highest BCUT2D eigenvalue weighted by molar-refractivity contribution is 7.14. The fourth-order valence-electron chi connectivity index (χ4n) is 3.22. The van der Waals surface area contributed by atoms with E-state index in [0.29, 0.717) is 17.7 Å². The molecule has 0 aliphatic rings. The number of nitrogens with zero attached hydrogens (tertiary/aromatic N) is 1. The first-order valence-corrected chi connectivity index (χ1v) is 10.6. The lowest BCUT2D eigenvalue weighted by atomic mass is 9.90. The summed E-state index contributed by atoms with van der Waals surface area (Å²) in [7, 11) is 0. The molecule has 0 unspecified atom stereocenters. The van der Waals surface area contributed by atoms with Gasteiger partial charge < -0.3 is 5.32 Å². The summed E-state index contributed by atoms with van der Waals surface area (Å²) in [6.45, 7) is 2.26. The van der Waals surface area contributed by atoms with Gasteiger partial charge in [-0.1, -0.05) is 30.3 Å². The third kappa shape index (κ3) is 5.14. The Morgan fingerprint density at radius 2 is 1.37 bits per heavy atom. The molecule has 0 spiro atoms. The molecule has 13 heteroatoms. The van der Waals surface area contributed by atoms with Crippen molar-refractivity contribution in [3.63, 3.8) is 0 Å². The maximum Gasteiger partial charge on any atom is 0.435 e. The molecule has 2 aromatic carbocycles. The van der Waals surface area contributed by atoms with Crippen LogP contribution in [0.2, 0.25) is 0 Å². The number of thiazole rings is 1. The summed E-state index contributed by atoms with van der Waals surface area (Å²) in [5, 5.41) is 6.25. The van der Waals surface area contributed by atoms with Crippen LogP contribution in [0, 0.1) is 13.8 Å². The number of carbonyl (C=O) groups excluding carboxylic acids is 2. The number of benzene rings is 2. The first-order valence-electron chi connectivity index (χ1n) is 9.72. The molecule has 0 aliphatic carbocycles. The van der Waals surface area contributed by atoms with Crippen LogP contribution in [0.25, 0.3) is 0 Å². The summed E-state index contributed by atoms with van der Waals surface area (Å²) in [5.74, 6) is -1.31. The van der Waals surface area contributed by atoms with E-state index in [0.717, 1.165) is 25.2 Å². The lowest BCUT2D eigenvalue weighted by Gasteiger charge is -2.31. The summed E-state index contributed by atoms with van der Waals surface area (Å²) in [6, 6.07) is 8.93. The van der Waals surface area contributed by atoms with E-state index in [2.05, 4.69) is 15.6 Å². The Labute approximate surface area is 198 Å². The van der Waals surface area contributed by atoms with Gasteiger partial charge in [0, 0.05) is 22.2 Å². The Bertz CT molecular complexity index is 1220. The predicted molar refractivity (Wildman–Crippen MR) is 115 cm³/mol. The number of amides is 2. The molecule has 186 valence electrons. The topological polar surface area (TPSA) is 71.1 Å². The standard InChI is InChI=1S/C22H16F7N3O2S/c1-11-8-14(20(23,21(24,25)26)22(27,28)29)9-12(2)16(11)31-18(34)15-10-35-19(30-15)32-17(33)13-6-4-3-5-7-13/h3-10H,1-2H3,(H,31,34)(H,30,32,33). The van der Waals surface area contributed by atoms with Crippen molar-refractivity contribution in [3.05, 3.63) is 75.8 Å². The molecule has 0 bridgehead atoms. The highest BCUT2D eigenvalue weighted by Crippen LogP contribution is 2.53. The van der Waals surface area contributed by atoms with Crippen molar-refractivity contribution in [2.24, 2.45) is 0 Å². The minimum Gasteiger partial charge on any atom is -0.320 e. The number of rotatable bonds is 5. The van der Waals surface area contributed by atoms with Crippen molar-refractivity contribution in [2.45, 2.75) is 31.9 Å². The fourth-order valence-corrected chi connectivity index (χ4v) is 3.91. The largest absolute Gasteiger partial charge is 0.435 e. The molecule has 3 rings (SSSR count). The molecule has 1 aromatic heterocycles. The van der Waals surface area contributed by atoms with Gasteiger partial charge >= 0.3 is 18.0 Å². The van der Waals surface area contributed by atoms with Crippen molar-refractivity contribution in [1.29, 1.82) is 0 Å². The van der Waals surface area contributed by atoms with Crippen LogP contribution in [0.1, 0.15) is 37.5 Å². The zero-order valence-electron chi connectivity index (χ0n) is 17.9. The number of nitrogens with one attached hydrogen (secondary N) is 2. The van der Waals surface area contributed by atoms with Crippen molar-refractivity contribution >= 4 is 34.0 Å². The van der Waals surface area contributed by atoms with Gasteiger partial charge in [-0.05, 0) is 37.1 Å². The van der Waals surface area contributed by atoms with Crippen molar-refractivity contribution in [1.82, 2.24) is 4.98 Å². The second-order valence-corrected chi connectivity index (χ2v) is 8.31. The van der Waals surface area contributed by atoms with Gasteiger partial charge in [0.05, 0.1) is 0 Å². The molecule has 0 radical (unpaired) electrons. The molecule has 0 saturated carbocycles. The van der Waals surface area contributed by atoms with E-state index in [1.54, 1.807) is 30.3 Å². The van der Waals surface area contributed by atoms with Crippen molar-refractivity contribution < 1.29 is 40.3 Å². The third-order valence-corrected chi connectivity index (χ3v) is 5.70. The molecular weight excluding hydrogens is 503 g/mol. The summed E-state index contributed by atoms with van der Waals surface area (Å²) in [4.78, 5) is 28.7. The van der Waals surface area contributed by atoms with Gasteiger partial charge in [-0.2, -0.15) is 26.3 Å². The minimum atomic E-state index is -6.25. The Balaban J connectivity index is 1.83. The first kappa shape index (κ1) is 26.1. The van der Waals surface area contributed by atoms with Gasteiger partial charge in [0.2, 0.25) is 0 Å². The summed E-state index contributed by atoms with van der Waals surface area (Å²) < 4.78 is 92.9. The van der Waals surface area contributed by atoms with Crippen LogP contribution < -0.4 is 10.6 Å². The number of anilines is 2. The fraction of sp³-hybridized carbons (Fsp3) is 0.227. The van der Waals surface area contributed by atoms with E-state index in [9.17, 15) is 40.3 Å². The molecule has 5 nitrogen and oxygen atoms in total. The maximum absolute atomic E-state index is 14.4. The Hall–Kier alpha value is -3.48. The van der Waals surface area contributed by atoms with Gasteiger partial charge in [0.15, 0.2) is 5.13 Å².